The summed E-state index contributed by atoms with van der Waals surface area (Å²) in [7, 11) is -3.11. The maximum Gasteiger partial charge on any atom is 0.335 e. The summed E-state index contributed by atoms with van der Waals surface area (Å²) in [5.41, 5.74) is 4.07. The molecule has 288 valence electrons. The average molecular weight is 734 g/mol. The van der Waals surface area contributed by atoms with E-state index in [0.29, 0.717) is 52.7 Å². The van der Waals surface area contributed by atoms with Crippen molar-refractivity contribution in [3.63, 3.8) is 0 Å². The smallest absolute Gasteiger partial charge is 0.335 e. The molecule has 7 aliphatic rings. The lowest BCUT2D eigenvalue weighted by Crippen LogP contribution is -2.68. The highest BCUT2D eigenvalue weighted by molar-refractivity contribution is 7.88. The highest BCUT2D eigenvalue weighted by Crippen LogP contribution is 2.76. The third kappa shape index (κ3) is 5.33. The van der Waals surface area contributed by atoms with Gasteiger partial charge in [-0.15, -0.1) is 0 Å². The first-order valence-corrected chi connectivity index (χ1v) is 22.7. The van der Waals surface area contributed by atoms with Gasteiger partial charge in [-0.1, -0.05) is 66.7 Å². The number of benzene rings is 1. The van der Waals surface area contributed by atoms with Crippen LogP contribution in [0.3, 0.4) is 0 Å². The second kappa shape index (κ2) is 12.4. The van der Waals surface area contributed by atoms with Crippen molar-refractivity contribution >= 4 is 21.6 Å². The van der Waals surface area contributed by atoms with Gasteiger partial charge in [0.25, 0.3) is 0 Å². The molecule has 1 aromatic rings. The van der Waals surface area contributed by atoms with Gasteiger partial charge in [0, 0.05) is 43.8 Å². The predicted octanol–water partition coefficient (Wildman–Crippen LogP) is 8.18. The number of hydrogen-bond acceptors (Lipinski definition) is 5. The van der Waals surface area contributed by atoms with E-state index < -0.39 is 16.0 Å². The lowest BCUT2D eigenvalue weighted by atomic mass is 9.33. The molecule has 8 rings (SSSR count). The molecule has 2 heterocycles. The molecule has 1 aromatic carbocycles. The van der Waals surface area contributed by atoms with Crippen LogP contribution >= 0.6 is 0 Å². The monoisotopic (exact) mass is 733 g/mol. The summed E-state index contributed by atoms with van der Waals surface area (Å²) in [6.45, 7) is 21.7. The normalized spacial score (nSPS) is 44.2. The molecule has 52 heavy (non-hydrogen) atoms. The molecule has 2 saturated heterocycles. The SMILES string of the molecule is CC(C)[C@@H]1CC[C@]2(NCCN3C[C@@H]4C[C@@H]3CN4S(C)(=O)=O)CC[C@]3(C)[C@H](CC[C@@H]4[C@@]5(C)CC=C(c6ccc(C(=O)O)cc6)C(C)(C)[C@@H]5CC[C@]43C)[C@@H]12. The fourth-order valence-electron chi connectivity index (χ4n) is 15.4. The van der Waals surface area contributed by atoms with Crippen molar-refractivity contribution in [2.45, 2.75) is 130 Å². The quantitative estimate of drug-likeness (QED) is 0.280. The van der Waals surface area contributed by atoms with E-state index >= 15 is 0 Å². The van der Waals surface area contributed by atoms with E-state index in [2.05, 4.69) is 64.8 Å². The van der Waals surface area contributed by atoms with Gasteiger partial charge in [0.1, 0.15) is 0 Å². The Hall–Kier alpha value is -1.74. The summed E-state index contributed by atoms with van der Waals surface area (Å²) in [5.74, 6) is 3.35. The van der Waals surface area contributed by atoms with Crippen LogP contribution in [0.5, 0.6) is 0 Å². The highest BCUT2D eigenvalue weighted by atomic mass is 32.2. The van der Waals surface area contributed by atoms with Crippen LogP contribution in [0.15, 0.2) is 30.3 Å². The van der Waals surface area contributed by atoms with E-state index in [4.69, 9.17) is 0 Å². The maximum absolute atomic E-state index is 12.3. The number of aromatic carboxylic acids is 1. The Morgan fingerprint density at radius 2 is 1.63 bits per heavy atom. The number of nitrogens with zero attached hydrogens (tertiary/aromatic N) is 2. The third-order valence-electron chi connectivity index (χ3n) is 18.0. The van der Waals surface area contributed by atoms with Gasteiger partial charge in [-0.2, -0.15) is 4.31 Å². The van der Waals surface area contributed by atoms with Gasteiger partial charge in [-0.05, 0) is 145 Å². The van der Waals surface area contributed by atoms with Crippen molar-refractivity contribution in [2.24, 2.45) is 57.2 Å². The molecule has 2 bridgehead atoms. The van der Waals surface area contributed by atoms with Gasteiger partial charge in [-0.25, -0.2) is 13.2 Å². The van der Waals surface area contributed by atoms with Gasteiger partial charge in [0.2, 0.25) is 10.0 Å². The van der Waals surface area contributed by atoms with E-state index in [1.165, 1.54) is 68.8 Å². The number of piperazine rings is 1. The van der Waals surface area contributed by atoms with Crippen molar-refractivity contribution in [3.05, 3.63) is 41.5 Å². The minimum Gasteiger partial charge on any atom is -0.478 e. The van der Waals surface area contributed by atoms with Crippen molar-refractivity contribution < 1.29 is 18.3 Å². The number of fused-ring (bicyclic) bond motifs is 9. The molecule has 6 fully saturated rings. The predicted molar refractivity (Wildman–Crippen MR) is 209 cm³/mol. The Morgan fingerprint density at radius 1 is 0.904 bits per heavy atom. The molecule has 0 radical (unpaired) electrons. The Bertz CT molecular complexity index is 1720. The topological polar surface area (TPSA) is 90.0 Å². The average Bonchev–Trinajstić information content (AvgIpc) is 3.78. The molecule has 11 atom stereocenters. The zero-order valence-electron chi connectivity index (χ0n) is 33.4. The number of rotatable bonds is 8. The number of allylic oxidation sites excluding steroid dienone is 2. The Labute approximate surface area is 314 Å². The van der Waals surface area contributed by atoms with Gasteiger partial charge in [0.05, 0.1) is 11.8 Å². The van der Waals surface area contributed by atoms with Crippen molar-refractivity contribution in [3.8, 4) is 0 Å². The van der Waals surface area contributed by atoms with Crippen LogP contribution in [0.2, 0.25) is 0 Å². The van der Waals surface area contributed by atoms with Crippen LogP contribution < -0.4 is 5.32 Å². The number of hydrogen-bond donors (Lipinski definition) is 2. The lowest BCUT2D eigenvalue weighted by Gasteiger charge is -2.72. The number of sulfonamides is 1. The van der Waals surface area contributed by atoms with Crippen molar-refractivity contribution in [2.75, 3.05) is 32.4 Å². The summed E-state index contributed by atoms with van der Waals surface area (Å²) < 4.78 is 26.3. The van der Waals surface area contributed by atoms with Gasteiger partial charge in [-0.3, -0.25) is 4.90 Å². The summed E-state index contributed by atoms with van der Waals surface area (Å²) in [5, 5.41) is 13.8. The molecular weight excluding hydrogens is 667 g/mol. The summed E-state index contributed by atoms with van der Waals surface area (Å²) >= 11 is 0. The van der Waals surface area contributed by atoms with Crippen molar-refractivity contribution in [1.82, 2.24) is 14.5 Å². The van der Waals surface area contributed by atoms with Gasteiger partial charge >= 0.3 is 5.97 Å². The zero-order chi connectivity index (χ0) is 37.2. The van der Waals surface area contributed by atoms with Gasteiger partial charge in [0.15, 0.2) is 0 Å². The molecule has 5 aliphatic carbocycles. The molecule has 0 spiro atoms. The first-order chi connectivity index (χ1) is 24.4. The fraction of sp³-hybridized carbons (Fsp3) is 0.795. The molecule has 2 aliphatic heterocycles. The van der Waals surface area contributed by atoms with Gasteiger partial charge < -0.3 is 10.4 Å². The molecule has 0 amide bonds. The molecule has 4 saturated carbocycles. The second-order valence-electron chi connectivity index (χ2n) is 20.5. The number of carboxylic acid groups (broad SMARTS) is 1. The van der Waals surface area contributed by atoms with Crippen molar-refractivity contribution in [1.29, 1.82) is 0 Å². The van der Waals surface area contributed by atoms with E-state index in [1.54, 1.807) is 16.4 Å². The first kappa shape index (κ1) is 37.2. The van der Waals surface area contributed by atoms with Crippen LogP contribution in [0.25, 0.3) is 5.57 Å². The Kier molecular flexibility index (Phi) is 8.86. The molecular formula is C44H67N3O4S. The highest BCUT2D eigenvalue weighted by Gasteiger charge is 2.70. The minimum absolute atomic E-state index is 0.0224. The number of nitrogens with one attached hydrogen (secondary N) is 1. The minimum atomic E-state index is -3.11. The maximum atomic E-state index is 12.3. The van der Waals surface area contributed by atoms with Crippen LogP contribution in [0.4, 0.5) is 0 Å². The number of likely N-dealkylation sites (tertiary alicyclic amines) is 1. The molecule has 8 heteroatoms. The van der Waals surface area contributed by atoms with E-state index in [1.807, 2.05) is 12.1 Å². The molecule has 0 aromatic heterocycles. The third-order valence-corrected chi connectivity index (χ3v) is 19.3. The Morgan fingerprint density at radius 3 is 2.27 bits per heavy atom. The van der Waals surface area contributed by atoms with E-state index in [-0.39, 0.29) is 22.4 Å². The summed E-state index contributed by atoms with van der Waals surface area (Å²) in [6, 6.07) is 8.16. The van der Waals surface area contributed by atoms with Crippen LogP contribution in [-0.2, 0) is 10.0 Å². The molecule has 7 nitrogen and oxygen atoms in total. The first-order valence-electron chi connectivity index (χ1n) is 20.9. The molecule has 2 N–H and O–H groups in total. The van der Waals surface area contributed by atoms with Crippen LogP contribution in [0.1, 0.15) is 129 Å². The Balaban J connectivity index is 1.03. The van der Waals surface area contributed by atoms with Crippen LogP contribution in [-0.4, -0.2) is 78.8 Å². The largest absolute Gasteiger partial charge is 0.478 e. The second-order valence-corrected chi connectivity index (χ2v) is 22.5. The number of carbonyl (C=O) groups is 1. The number of carboxylic acids is 1. The summed E-state index contributed by atoms with van der Waals surface area (Å²) in [4.78, 5) is 14.2. The molecule has 0 unspecified atom stereocenters. The van der Waals surface area contributed by atoms with E-state index in [0.717, 1.165) is 44.3 Å². The lowest BCUT2D eigenvalue weighted by molar-refractivity contribution is -0.221. The zero-order valence-corrected chi connectivity index (χ0v) is 34.2. The van der Waals surface area contributed by atoms with E-state index in [9.17, 15) is 18.3 Å². The standard InChI is InChI=1S/C44H67N3O4S/c1-28(2)33-15-20-44(45-23-24-46-26-32-25-31(46)27-47(32)52(8,50)51)22-21-42(6)35(38(33)44)13-14-37-41(5)18-16-34(29-9-11-30(12-10-29)39(48)49)40(3,4)36(41)17-19-43(37,42)7/h9-12,16,28,31-33,35-38,45H,13-15,17-27H2,1-8H3,(H,48,49)/t31-,32+,33+,35-,36+,37-,38-,41+,42-,43-,44+/m1/s1. The van der Waals surface area contributed by atoms with Crippen LogP contribution in [0, 0.1) is 57.2 Å². The fourth-order valence-corrected chi connectivity index (χ4v) is 16.6. The summed E-state index contributed by atoms with van der Waals surface area (Å²) in [6.07, 6.45) is 16.5.